The van der Waals surface area contributed by atoms with Crippen molar-refractivity contribution >= 4 is 17.3 Å². The van der Waals surface area contributed by atoms with Crippen molar-refractivity contribution in [3.8, 4) is 0 Å². The topological polar surface area (TPSA) is 88.1 Å². The van der Waals surface area contributed by atoms with Gasteiger partial charge in [0.25, 0.3) is 0 Å². The molecule has 1 aliphatic heterocycles. The summed E-state index contributed by atoms with van der Waals surface area (Å²) in [7, 11) is 0. The summed E-state index contributed by atoms with van der Waals surface area (Å²) >= 11 is 0. The third kappa shape index (κ3) is 5.44. The summed E-state index contributed by atoms with van der Waals surface area (Å²) in [6, 6.07) is 21.7. The number of nitrogens with two attached hydrogens (primary N) is 1. The van der Waals surface area contributed by atoms with E-state index in [0.717, 1.165) is 51.5 Å². The van der Waals surface area contributed by atoms with Crippen molar-refractivity contribution in [2.45, 2.75) is 19.0 Å². The Morgan fingerprint density at radius 2 is 1.57 bits per heavy atom. The summed E-state index contributed by atoms with van der Waals surface area (Å²) in [6.45, 7) is 5.24. The minimum Gasteiger partial charge on any atom is -0.393 e. The zero-order valence-electron chi connectivity index (χ0n) is 19.9. The highest BCUT2D eigenvalue weighted by Crippen LogP contribution is 2.32. The average Bonchev–Trinajstić information content (AvgIpc) is 3.43. The molecule has 35 heavy (non-hydrogen) atoms. The Labute approximate surface area is 206 Å². The number of benzene rings is 2. The smallest absolute Gasteiger partial charge is 0.157 e. The van der Waals surface area contributed by atoms with Crippen LogP contribution in [-0.2, 0) is 6.54 Å². The highest BCUT2D eigenvalue weighted by molar-refractivity contribution is 5.75. The van der Waals surface area contributed by atoms with Gasteiger partial charge in [-0.05, 0) is 17.5 Å². The molecule has 8 nitrogen and oxygen atoms in total. The summed E-state index contributed by atoms with van der Waals surface area (Å²) in [5.74, 6) is 1.52. The number of hydrogen-bond acceptors (Lipinski definition) is 7. The van der Waals surface area contributed by atoms with Crippen LogP contribution in [0.25, 0.3) is 0 Å². The summed E-state index contributed by atoms with van der Waals surface area (Å²) in [5, 5.41) is 3.38. The molecule has 0 radical (unpaired) electrons. The molecule has 3 heterocycles. The van der Waals surface area contributed by atoms with Gasteiger partial charge in [0.05, 0.1) is 12.4 Å². The van der Waals surface area contributed by atoms with Crippen LogP contribution in [0.15, 0.2) is 85.7 Å². The second-order valence-electron chi connectivity index (χ2n) is 8.79. The van der Waals surface area contributed by atoms with Gasteiger partial charge in [0.15, 0.2) is 11.6 Å². The fourth-order valence-corrected chi connectivity index (χ4v) is 4.74. The molecule has 5 rings (SSSR count). The van der Waals surface area contributed by atoms with Crippen molar-refractivity contribution in [2.75, 3.05) is 48.7 Å². The van der Waals surface area contributed by atoms with Crippen LogP contribution in [0.2, 0.25) is 0 Å². The van der Waals surface area contributed by atoms with Crippen molar-refractivity contribution < 1.29 is 0 Å². The van der Waals surface area contributed by atoms with Gasteiger partial charge in [-0.3, -0.25) is 4.90 Å². The lowest BCUT2D eigenvalue weighted by Gasteiger charge is -2.40. The van der Waals surface area contributed by atoms with Crippen molar-refractivity contribution in [3.63, 3.8) is 0 Å². The van der Waals surface area contributed by atoms with E-state index in [1.165, 1.54) is 11.1 Å². The molecule has 0 bridgehead atoms. The first-order valence-electron chi connectivity index (χ1n) is 12.2. The van der Waals surface area contributed by atoms with Crippen LogP contribution >= 0.6 is 0 Å². The van der Waals surface area contributed by atoms with Crippen LogP contribution in [0.4, 0.5) is 17.3 Å². The molecule has 0 unspecified atom stereocenters. The third-order valence-corrected chi connectivity index (χ3v) is 6.52. The van der Waals surface area contributed by atoms with Crippen molar-refractivity contribution in [1.29, 1.82) is 0 Å². The van der Waals surface area contributed by atoms with Gasteiger partial charge in [0, 0.05) is 51.7 Å². The number of nitrogens with one attached hydrogen (secondary N) is 1. The fraction of sp³-hybridized carbons (Fsp3) is 0.296. The summed E-state index contributed by atoms with van der Waals surface area (Å²) in [4.78, 5) is 17.8. The van der Waals surface area contributed by atoms with Crippen LogP contribution in [0.5, 0.6) is 0 Å². The molecule has 8 heteroatoms. The van der Waals surface area contributed by atoms with Crippen molar-refractivity contribution in [3.05, 3.63) is 96.8 Å². The van der Waals surface area contributed by atoms with E-state index < -0.39 is 0 Å². The van der Waals surface area contributed by atoms with E-state index in [0.29, 0.717) is 11.5 Å². The van der Waals surface area contributed by atoms with E-state index in [4.69, 9.17) is 5.73 Å². The lowest BCUT2D eigenvalue weighted by molar-refractivity contribution is 0.212. The SMILES string of the molecule is Nc1c(NCCCn2ccnc2)ncnc1N1CCN(C(c2ccccc2)c2ccccc2)CC1. The maximum atomic E-state index is 6.51. The number of imidazole rings is 1. The Hall–Kier alpha value is -3.91. The lowest BCUT2D eigenvalue weighted by atomic mass is 9.96. The zero-order valence-corrected chi connectivity index (χ0v) is 19.9. The number of aromatic nitrogens is 4. The standard InChI is InChI=1S/C27H32N8/c28-24-26(30-12-7-14-33-15-13-29-21-33)31-20-32-27(24)35-18-16-34(17-19-35)25(22-8-3-1-4-9-22)23-10-5-2-6-11-23/h1-6,8-11,13,15,20-21,25H,7,12,14,16-19,28H2,(H,30,31,32). The van der Waals surface area contributed by atoms with E-state index in [1.807, 2.05) is 12.5 Å². The quantitative estimate of drug-likeness (QED) is 0.362. The second-order valence-corrected chi connectivity index (χ2v) is 8.79. The van der Waals surface area contributed by atoms with Gasteiger partial charge < -0.3 is 20.5 Å². The molecule has 4 aromatic rings. The molecule has 2 aromatic carbocycles. The fourth-order valence-electron chi connectivity index (χ4n) is 4.74. The predicted octanol–water partition coefficient (Wildman–Crippen LogP) is 3.67. The Balaban J connectivity index is 1.23. The molecule has 0 aliphatic carbocycles. The molecule has 3 N–H and O–H groups in total. The molecule has 2 aromatic heterocycles. The predicted molar refractivity (Wildman–Crippen MR) is 140 cm³/mol. The molecule has 0 saturated carbocycles. The molecule has 0 amide bonds. The van der Waals surface area contributed by atoms with Crippen LogP contribution in [0, 0.1) is 0 Å². The summed E-state index contributed by atoms with van der Waals surface area (Å²) in [5.41, 5.74) is 9.76. The second kappa shape index (κ2) is 11.0. The largest absolute Gasteiger partial charge is 0.393 e. The van der Waals surface area contributed by atoms with Gasteiger partial charge in [-0.2, -0.15) is 0 Å². The summed E-state index contributed by atoms with van der Waals surface area (Å²) < 4.78 is 2.06. The molecular weight excluding hydrogens is 436 g/mol. The van der Waals surface area contributed by atoms with Crippen LogP contribution in [0.1, 0.15) is 23.6 Å². The van der Waals surface area contributed by atoms with Crippen molar-refractivity contribution in [2.24, 2.45) is 0 Å². The van der Waals surface area contributed by atoms with E-state index in [-0.39, 0.29) is 6.04 Å². The molecule has 1 saturated heterocycles. The van der Waals surface area contributed by atoms with Gasteiger partial charge in [0.1, 0.15) is 12.0 Å². The zero-order chi connectivity index (χ0) is 23.9. The number of anilines is 3. The monoisotopic (exact) mass is 468 g/mol. The maximum Gasteiger partial charge on any atom is 0.157 e. The number of aryl methyl sites for hydroxylation is 1. The Morgan fingerprint density at radius 3 is 2.20 bits per heavy atom. The molecule has 180 valence electrons. The first-order chi connectivity index (χ1) is 17.3. The van der Waals surface area contributed by atoms with E-state index in [1.54, 1.807) is 12.5 Å². The van der Waals surface area contributed by atoms with Gasteiger partial charge in [-0.15, -0.1) is 0 Å². The van der Waals surface area contributed by atoms with Gasteiger partial charge >= 0.3 is 0 Å². The van der Waals surface area contributed by atoms with E-state index in [2.05, 4.69) is 95.3 Å². The molecule has 1 fully saturated rings. The maximum absolute atomic E-state index is 6.51. The number of nitrogen functional groups attached to an aromatic ring is 1. The minimum atomic E-state index is 0.232. The van der Waals surface area contributed by atoms with Gasteiger partial charge in [-0.25, -0.2) is 15.0 Å². The molecule has 0 spiro atoms. The number of piperazine rings is 1. The highest BCUT2D eigenvalue weighted by Gasteiger charge is 2.28. The highest BCUT2D eigenvalue weighted by atomic mass is 15.3. The number of hydrogen-bond donors (Lipinski definition) is 2. The molecule has 0 atom stereocenters. The first kappa shape index (κ1) is 22.9. The van der Waals surface area contributed by atoms with Crippen LogP contribution < -0.4 is 16.0 Å². The molecular formula is C27H32N8. The Kier molecular flexibility index (Phi) is 7.19. The lowest BCUT2D eigenvalue weighted by Crippen LogP contribution is -2.48. The van der Waals surface area contributed by atoms with Gasteiger partial charge in [-0.1, -0.05) is 60.7 Å². The third-order valence-electron chi connectivity index (χ3n) is 6.52. The van der Waals surface area contributed by atoms with Crippen molar-refractivity contribution in [1.82, 2.24) is 24.4 Å². The van der Waals surface area contributed by atoms with Crippen LogP contribution in [-0.4, -0.2) is 57.1 Å². The van der Waals surface area contributed by atoms with E-state index >= 15 is 0 Å². The normalized spacial score (nSPS) is 14.4. The number of rotatable bonds is 9. The minimum absolute atomic E-state index is 0.232. The van der Waals surface area contributed by atoms with E-state index in [9.17, 15) is 0 Å². The molecule has 1 aliphatic rings. The van der Waals surface area contributed by atoms with Crippen LogP contribution in [0.3, 0.4) is 0 Å². The first-order valence-corrected chi connectivity index (χ1v) is 12.2. The average molecular weight is 469 g/mol. The number of nitrogens with zero attached hydrogens (tertiary/aromatic N) is 6. The Morgan fingerprint density at radius 1 is 0.886 bits per heavy atom. The van der Waals surface area contributed by atoms with Gasteiger partial charge in [0.2, 0.25) is 0 Å². The summed E-state index contributed by atoms with van der Waals surface area (Å²) in [6.07, 6.45) is 8.15. The Bertz CT molecular complexity index is 1130.